The lowest BCUT2D eigenvalue weighted by atomic mass is 10.2. The molecule has 12 heavy (non-hydrogen) atoms. The average molecular weight is 189 g/mol. The lowest BCUT2D eigenvalue weighted by Crippen LogP contribution is -2.09. The number of hydrogen-bond acceptors (Lipinski definition) is 2. The van der Waals surface area contributed by atoms with E-state index < -0.39 is 0 Å². The molecule has 2 rings (SSSR count). The van der Waals surface area contributed by atoms with Crippen molar-refractivity contribution in [2.45, 2.75) is 31.8 Å². The lowest BCUT2D eigenvalue weighted by Gasteiger charge is -2.03. The molecule has 0 bridgehead atoms. The summed E-state index contributed by atoms with van der Waals surface area (Å²) in [7, 11) is 0. The highest BCUT2D eigenvalue weighted by molar-refractivity contribution is 6.18. The predicted molar refractivity (Wildman–Crippen MR) is 47.0 cm³/mol. The Morgan fingerprint density at radius 3 is 2.67 bits per heavy atom. The van der Waals surface area contributed by atoms with Crippen molar-refractivity contribution in [3.63, 3.8) is 0 Å². The second kappa shape index (κ2) is 3.56. The minimum Gasteiger partial charge on any atom is -0.461 e. The SMILES string of the molecule is ClCC1COC(=C2CCCC2)O1. The van der Waals surface area contributed by atoms with Crippen LogP contribution in [0.3, 0.4) is 0 Å². The maximum Gasteiger partial charge on any atom is 0.278 e. The number of rotatable bonds is 1. The predicted octanol–water partition coefficient (Wildman–Crippen LogP) is 2.43. The summed E-state index contributed by atoms with van der Waals surface area (Å²) in [4.78, 5) is 0. The van der Waals surface area contributed by atoms with Crippen molar-refractivity contribution in [2.24, 2.45) is 0 Å². The third-order valence-corrected chi connectivity index (χ3v) is 2.69. The summed E-state index contributed by atoms with van der Waals surface area (Å²) in [6.07, 6.45) is 4.91. The van der Waals surface area contributed by atoms with E-state index in [1.807, 2.05) is 0 Å². The molecule has 68 valence electrons. The number of ether oxygens (including phenoxy) is 2. The highest BCUT2D eigenvalue weighted by Gasteiger charge is 2.25. The molecule has 0 spiro atoms. The highest BCUT2D eigenvalue weighted by Crippen LogP contribution is 2.31. The zero-order chi connectivity index (χ0) is 8.39. The van der Waals surface area contributed by atoms with Crippen LogP contribution >= 0.6 is 11.6 Å². The number of allylic oxidation sites excluding steroid dienone is 1. The Hall–Kier alpha value is -0.370. The first-order valence-electron chi connectivity index (χ1n) is 4.47. The van der Waals surface area contributed by atoms with Crippen LogP contribution in [0.5, 0.6) is 0 Å². The quantitative estimate of drug-likeness (QED) is 0.589. The first-order valence-corrected chi connectivity index (χ1v) is 5.01. The van der Waals surface area contributed by atoms with Crippen LogP contribution in [0.1, 0.15) is 25.7 Å². The van der Waals surface area contributed by atoms with Gasteiger partial charge in [0.25, 0.3) is 5.95 Å². The van der Waals surface area contributed by atoms with E-state index in [9.17, 15) is 0 Å². The minimum absolute atomic E-state index is 0.0785. The molecule has 1 saturated heterocycles. The van der Waals surface area contributed by atoms with Gasteiger partial charge >= 0.3 is 0 Å². The molecule has 2 aliphatic rings. The first kappa shape index (κ1) is 8.24. The van der Waals surface area contributed by atoms with Gasteiger partial charge in [0.15, 0.2) is 0 Å². The van der Waals surface area contributed by atoms with Crippen LogP contribution in [-0.4, -0.2) is 18.6 Å². The second-order valence-electron chi connectivity index (χ2n) is 3.30. The second-order valence-corrected chi connectivity index (χ2v) is 3.61. The Morgan fingerprint density at radius 1 is 1.33 bits per heavy atom. The lowest BCUT2D eigenvalue weighted by molar-refractivity contribution is 0.145. The summed E-state index contributed by atoms with van der Waals surface area (Å²) >= 11 is 5.65. The monoisotopic (exact) mass is 188 g/mol. The molecule has 1 aliphatic carbocycles. The summed E-state index contributed by atoms with van der Waals surface area (Å²) in [5.41, 5.74) is 1.35. The molecule has 0 aromatic carbocycles. The van der Waals surface area contributed by atoms with Crippen LogP contribution in [0.4, 0.5) is 0 Å². The van der Waals surface area contributed by atoms with Gasteiger partial charge in [0.2, 0.25) is 0 Å². The van der Waals surface area contributed by atoms with E-state index in [0.29, 0.717) is 12.5 Å². The Balaban J connectivity index is 2.01. The Morgan fingerprint density at radius 2 is 2.08 bits per heavy atom. The summed E-state index contributed by atoms with van der Waals surface area (Å²) in [6, 6.07) is 0. The third kappa shape index (κ3) is 1.53. The van der Waals surface area contributed by atoms with Crippen LogP contribution in [0, 0.1) is 0 Å². The number of hydrogen-bond donors (Lipinski definition) is 0. The van der Waals surface area contributed by atoms with E-state index in [-0.39, 0.29) is 6.10 Å². The number of alkyl halides is 1. The molecule has 1 unspecified atom stereocenters. The fraction of sp³-hybridized carbons (Fsp3) is 0.778. The van der Waals surface area contributed by atoms with E-state index in [0.717, 1.165) is 18.8 Å². The molecule has 0 aromatic rings. The van der Waals surface area contributed by atoms with Crippen molar-refractivity contribution in [3.05, 3.63) is 11.5 Å². The zero-order valence-corrected chi connectivity index (χ0v) is 7.77. The van der Waals surface area contributed by atoms with E-state index in [4.69, 9.17) is 21.1 Å². The molecule has 1 heterocycles. The van der Waals surface area contributed by atoms with Crippen molar-refractivity contribution in [2.75, 3.05) is 12.5 Å². The highest BCUT2D eigenvalue weighted by atomic mass is 35.5. The van der Waals surface area contributed by atoms with Crippen LogP contribution in [0.25, 0.3) is 0 Å². The third-order valence-electron chi connectivity index (χ3n) is 2.34. The van der Waals surface area contributed by atoms with Gasteiger partial charge in [0.05, 0.1) is 5.88 Å². The van der Waals surface area contributed by atoms with Crippen LogP contribution in [0.2, 0.25) is 0 Å². The molecule has 2 nitrogen and oxygen atoms in total. The summed E-state index contributed by atoms with van der Waals surface area (Å²) in [5.74, 6) is 1.30. The topological polar surface area (TPSA) is 18.5 Å². The molecule has 1 saturated carbocycles. The molecule has 0 N–H and O–H groups in total. The molecule has 0 radical (unpaired) electrons. The maximum absolute atomic E-state index is 5.65. The van der Waals surface area contributed by atoms with Crippen molar-refractivity contribution in [3.8, 4) is 0 Å². The standard InChI is InChI=1S/C9H13ClO2/c10-5-8-6-11-9(12-8)7-3-1-2-4-7/h8H,1-6H2. The minimum atomic E-state index is 0.0785. The van der Waals surface area contributed by atoms with Crippen molar-refractivity contribution in [1.29, 1.82) is 0 Å². The van der Waals surface area contributed by atoms with Gasteiger partial charge in [-0.3, -0.25) is 0 Å². The summed E-state index contributed by atoms with van der Waals surface area (Å²) < 4.78 is 10.9. The fourth-order valence-electron chi connectivity index (χ4n) is 1.66. The Labute approximate surface area is 77.5 Å². The smallest absolute Gasteiger partial charge is 0.278 e. The molecular formula is C9H13ClO2. The normalized spacial score (nSPS) is 28.9. The van der Waals surface area contributed by atoms with Crippen molar-refractivity contribution in [1.82, 2.24) is 0 Å². The fourth-order valence-corrected chi connectivity index (χ4v) is 1.81. The van der Waals surface area contributed by atoms with Crippen molar-refractivity contribution >= 4 is 11.6 Å². The van der Waals surface area contributed by atoms with E-state index >= 15 is 0 Å². The molecule has 0 aromatic heterocycles. The average Bonchev–Trinajstić information content (AvgIpc) is 2.75. The van der Waals surface area contributed by atoms with E-state index in [2.05, 4.69) is 0 Å². The molecule has 3 heteroatoms. The van der Waals surface area contributed by atoms with Crippen LogP contribution in [0.15, 0.2) is 11.5 Å². The van der Waals surface area contributed by atoms with Gasteiger partial charge in [-0.25, -0.2) is 0 Å². The molecule has 2 fully saturated rings. The molecule has 1 aliphatic heterocycles. The molecular weight excluding hydrogens is 176 g/mol. The maximum atomic E-state index is 5.65. The molecule has 0 amide bonds. The van der Waals surface area contributed by atoms with Gasteiger partial charge < -0.3 is 9.47 Å². The van der Waals surface area contributed by atoms with Crippen LogP contribution in [-0.2, 0) is 9.47 Å². The largest absolute Gasteiger partial charge is 0.461 e. The van der Waals surface area contributed by atoms with Crippen molar-refractivity contribution < 1.29 is 9.47 Å². The zero-order valence-electron chi connectivity index (χ0n) is 7.01. The Bertz CT molecular complexity index is 193. The summed E-state index contributed by atoms with van der Waals surface area (Å²) in [5, 5.41) is 0. The molecule has 1 atom stereocenters. The van der Waals surface area contributed by atoms with Gasteiger partial charge in [0, 0.05) is 5.57 Å². The summed E-state index contributed by atoms with van der Waals surface area (Å²) in [6.45, 7) is 0.627. The van der Waals surface area contributed by atoms with Crippen LogP contribution < -0.4 is 0 Å². The van der Waals surface area contributed by atoms with Gasteiger partial charge in [-0.05, 0) is 25.7 Å². The van der Waals surface area contributed by atoms with Gasteiger partial charge in [-0.15, -0.1) is 11.6 Å². The van der Waals surface area contributed by atoms with E-state index in [1.165, 1.54) is 18.4 Å². The van der Waals surface area contributed by atoms with Gasteiger partial charge in [-0.2, -0.15) is 0 Å². The first-order chi connectivity index (χ1) is 5.90. The Kier molecular flexibility index (Phi) is 2.45. The van der Waals surface area contributed by atoms with E-state index in [1.54, 1.807) is 0 Å². The number of halogens is 1. The van der Waals surface area contributed by atoms with Gasteiger partial charge in [-0.1, -0.05) is 0 Å². The van der Waals surface area contributed by atoms with Gasteiger partial charge in [0.1, 0.15) is 12.7 Å².